The van der Waals surface area contributed by atoms with Gasteiger partial charge in [-0.05, 0) is 27.7 Å². The topological polar surface area (TPSA) is 67.4 Å². The van der Waals surface area contributed by atoms with Gasteiger partial charge in [0.05, 0.1) is 6.61 Å². The number of esters is 1. The van der Waals surface area contributed by atoms with Crippen LogP contribution in [0.1, 0.15) is 27.7 Å². The molecule has 0 bridgehead atoms. The van der Waals surface area contributed by atoms with Gasteiger partial charge in [0.15, 0.2) is 0 Å². The summed E-state index contributed by atoms with van der Waals surface area (Å²) in [5.41, 5.74) is 0. The summed E-state index contributed by atoms with van der Waals surface area (Å²) in [5, 5.41) is 5.08. The van der Waals surface area contributed by atoms with E-state index in [1.165, 1.54) is 0 Å². The first-order valence-corrected chi connectivity index (χ1v) is 4.71. The van der Waals surface area contributed by atoms with Gasteiger partial charge in [-0.15, -0.1) is 0 Å². The Labute approximate surface area is 84.2 Å². The van der Waals surface area contributed by atoms with Gasteiger partial charge in [0.1, 0.15) is 6.04 Å². The molecule has 0 radical (unpaired) electrons. The maximum Gasteiger partial charge on any atom is 0.328 e. The van der Waals surface area contributed by atoms with E-state index in [2.05, 4.69) is 10.6 Å². The summed E-state index contributed by atoms with van der Waals surface area (Å²) in [7, 11) is 0. The summed E-state index contributed by atoms with van der Waals surface area (Å²) in [4.78, 5) is 22.2. The van der Waals surface area contributed by atoms with Crippen LogP contribution in [0.15, 0.2) is 0 Å². The van der Waals surface area contributed by atoms with Crippen LogP contribution in [0.2, 0.25) is 0 Å². The fraction of sp³-hybridized carbons (Fsp3) is 0.778. The molecular formula is C9H18N2O3. The Balaban J connectivity index is 3.87. The van der Waals surface area contributed by atoms with Crippen LogP contribution in [0.4, 0.5) is 4.79 Å². The Morgan fingerprint density at radius 1 is 1.21 bits per heavy atom. The zero-order chi connectivity index (χ0) is 11.1. The van der Waals surface area contributed by atoms with Crippen LogP contribution in [0.3, 0.4) is 0 Å². The van der Waals surface area contributed by atoms with Gasteiger partial charge in [0.2, 0.25) is 0 Å². The average molecular weight is 202 g/mol. The van der Waals surface area contributed by atoms with Crippen molar-refractivity contribution in [3.63, 3.8) is 0 Å². The van der Waals surface area contributed by atoms with Crippen molar-refractivity contribution in [1.29, 1.82) is 0 Å². The first kappa shape index (κ1) is 12.7. The molecule has 1 unspecified atom stereocenters. The fourth-order valence-corrected chi connectivity index (χ4v) is 0.827. The van der Waals surface area contributed by atoms with Crippen molar-refractivity contribution in [3.8, 4) is 0 Å². The normalized spacial score (nSPS) is 12.1. The predicted octanol–water partition coefficient (Wildman–Crippen LogP) is 0.646. The van der Waals surface area contributed by atoms with Gasteiger partial charge >= 0.3 is 12.0 Å². The molecule has 0 aromatic rings. The van der Waals surface area contributed by atoms with Gasteiger partial charge in [0.25, 0.3) is 0 Å². The minimum absolute atomic E-state index is 0.0457. The highest BCUT2D eigenvalue weighted by atomic mass is 16.5. The number of carbonyl (C=O) groups is 2. The van der Waals surface area contributed by atoms with Gasteiger partial charge < -0.3 is 15.4 Å². The van der Waals surface area contributed by atoms with E-state index >= 15 is 0 Å². The lowest BCUT2D eigenvalue weighted by molar-refractivity contribution is -0.144. The summed E-state index contributed by atoms with van der Waals surface area (Å²) in [6, 6.07) is -0.932. The molecule has 0 heterocycles. The molecule has 0 saturated carbocycles. The summed E-state index contributed by atoms with van der Waals surface area (Å²) in [6.07, 6.45) is 0. The van der Waals surface area contributed by atoms with Gasteiger partial charge in [-0.1, -0.05) is 0 Å². The van der Waals surface area contributed by atoms with Crippen molar-refractivity contribution in [2.45, 2.75) is 39.8 Å². The van der Waals surface area contributed by atoms with Crippen LogP contribution >= 0.6 is 0 Å². The first-order chi connectivity index (χ1) is 6.47. The Kier molecular flexibility index (Phi) is 5.67. The SMILES string of the molecule is CCOC(=O)C(C)NC(=O)NC(C)C. The molecule has 0 rings (SSSR count). The second-order valence-corrected chi connectivity index (χ2v) is 3.25. The number of carbonyl (C=O) groups excluding carboxylic acids is 2. The summed E-state index contributed by atoms with van der Waals surface area (Å²) >= 11 is 0. The Morgan fingerprint density at radius 3 is 2.21 bits per heavy atom. The minimum atomic E-state index is -0.617. The zero-order valence-electron chi connectivity index (χ0n) is 9.09. The smallest absolute Gasteiger partial charge is 0.328 e. The number of amides is 2. The monoisotopic (exact) mass is 202 g/mol. The molecule has 0 aliphatic carbocycles. The lowest BCUT2D eigenvalue weighted by Gasteiger charge is -2.14. The van der Waals surface area contributed by atoms with Crippen molar-refractivity contribution in [1.82, 2.24) is 10.6 Å². The third kappa shape index (κ3) is 5.40. The highest BCUT2D eigenvalue weighted by Crippen LogP contribution is 1.88. The summed E-state index contributed by atoms with van der Waals surface area (Å²) in [6.45, 7) is 7.30. The van der Waals surface area contributed by atoms with Gasteiger partial charge in [-0.2, -0.15) is 0 Å². The fourth-order valence-electron chi connectivity index (χ4n) is 0.827. The molecule has 5 nitrogen and oxygen atoms in total. The van der Waals surface area contributed by atoms with Gasteiger partial charge in [-0.25, -0.2) is 9.59 Å². The predicted molar refractivity (Wildman–Crippen MR) is 52.9 cm³/mol. The van der Waals surface area contributed by atoms with Crippen LogP contribution in [-0.4, -0.2) is 30.7 Å². The molecule has 82 valence electrons. The van der Waals surface area contributed by atoms with Gasteiger partial charge in [0, 0.05) is 6.04 Å². The van der Waals surface area contributed by atoms with Crippen LogP contribution in [0.5, 0.6) is 0 Å². The quantitative estimate of drug-likeness (QED) is 0.657. The molecular weight excluding hydrogens is 184 g/mol. The average Bonchev–Trinajstić information content (AvgIpc) is 2.02. The van der Waals surface area contributed by atoms with E-state index in [9.17, 15) is 9.59 Å². The Morgan fingerprint density at radius 2 is 1.79 bits per heavy atom. The molecule has 0 aromatic carbocycles. The number of urea groups is 1. The van der Waals surface area contributed by atoms with E-state index in [4.69, 9.17) is 4.74 Å². The number of nitrogens with one attached hydrogen (secondary N) is 2. The van der Waals surface area contributed by atoms with E-state index in [1.807, 2.05) is 13.8 Å². The van der Waals surface area contributed by atoms with Crippen molar-refractivity contribution in [2.24, 2.45) is 0 Å². The van der Waals surface area contributed by atoms with E-state index in [0.717, 1.165) is 0 Å². The molecule has 14 heavy (non-hydrogen) atoms. The highest BCUT2D eigenvalue weighted by molar-refractivity contribution is 5.83. The molecule has 5 heteroatoms. The Bertz CT molecular complexity index is 204. The number of rotatable bonds is 4. The Hall–Kier alpha value is -1.26. The lowest BCUT2D eigenvalue weighted by atomic mass is 10.3. The third-order valence-electron chi connectivity index (χ3n) is 1.41. The molecule has 2 N–H and O–H groups in total. The number of ether oxygens (including phenoxy) is 1. The second-order valence-electron chi connectivity index (χ2n) is 3.25. The minimum Gasteiger partial charge on any atom is -0.464 e. The van der Waals surface area contributed by atoms with E-state index in [0.29, 0.717) is 6.61 Å². The molecule has 0 aliphatic rings. The lowest BCUT2D eigenvalue weighted by Crippen LogP contribution is -2.46. The van der Waals surface area contributed by atoms with Crippen molar-refractivity contribution in [3.05, 3.63) is 0 Å². The van der Waals surface area contributed by atoms with Crippen LogP contribution < -0.4 is 10.6 Å². The van der Waals surface area contributed by atoms with E-state index in [-0.39, 0.29) is 12.1 Å². The van der Waals surface area contributed by atoms with E-state index in [1.54, 1.807) is 13.8 Å². The maximum absolute atomic E-state index is 11.1. The molecule has 0 aliphatic heterocycles. The number of hydrogen-bond donors (Lipinski definition) is 2. The van der Waals surface area contributed by atoms with Crippen LogP contribution in [-0.2, 0) is 9.53 Å². The molecule has 0 spiro atoms. The van der Waals surface area contributed by atoms with E-state index < -0.39 is 12.0 Å². The molecule has 2 amide bonds. The summed E-state index contributed by atoms with van der Waals surface area (Å²) in [5.74, 6) is -0.425. The summed E-state index contributed by atoms with van der Waals surface area (Å²) < 4.78 is 4.73. The second kappa shape index (κ2) is 6.23. The van der Waals surface area contributed by atoms with Crippen LogP contribution in [0, 0.1) is 0 Å². The first-order valence-electron chi connectivity index (χ1n) is 4.71. The molecule has 0 fully saturated rings. The zero-order valence-corrected chi connectivity index (χ0v) is 9.09. The molecule has 1 atom stereocenters. The third-order valence-corrected chi connectivity index (χ3v) is 1.41. The van der Waals surface area contributed by atoms with Crippen molar-refractivity contribution < 1.29 is 14.3 Å². The number of hydrogen-bond acceptors (Lipinski definition) is 3. The van der Waals surface area contributed by atoms with Crippen molar-refractivity contribution in [2.75, 3.05) is 6.61 Å². The standard InChI is InChI=1S/C9H18N2O3/c1-5-14-8(12)7(4)11-9(13)10-6(2)3/h6-7H,5H2,1-4H3,(H2,10,11,13). The van der Waals surface area contributed by atoms with Gasteiger partial charge in [-0.3, -0.25) is 0 Å². The maximum atomic E-state index is 11.1. The molecule has 0 aromatic heterocycles. The largest absolute Gasteiger partial charge is 0.464 e. The molecule has 0 saturated heterocycles. The highest BCUT2D eigenvalue weighted by Gasteiger charge is 2.16. The van der Waals surface area contributed by atoms with Crippen molar-refractivity contribution >= 4 is 12.0 Å². The van der Waals surface area contributed by atoms with Crippen LogP contribution in [0.25, 0.3) is 0 Å².